The van der Waals surface area contributed by atoms with E-state index in [9.17, 15) is 9.90 Å². The summed E-state index contributed by atoms with van der Waals surface area (Å²) < 4.78 is 0. The Kier molecular flexibility index (Phi) is 5.03. The van der Waals surface area contributed by atoms with Crippen molar-refractivity contribution in [2.45, 2.75) is 39.2 Å². The first kappa shape index (κ1) is 14.8. The summed E-state index contributed by atoms with van der Waals surface area (Å²) in [6.07, 6.45) is 1.55. The first-order valence-corrected chi connectivity index (χ1v) is 6.69. The summed E-state index contributed by atoms with van der Waals surface area (Å²) >= 11 is 5.95. The molecule has 3 nitrogen and oxygen atoms in total. The molecule has 1 aromatic rings. The highest BCUT2D eigenvalue weighted by Gasteiger charge is 2.27. The van der Waals surface area contributed by atoms with Gasteiger partial charge in [-0.05, 0) is 37.5 Å². The maximum atomic E-state index is 12.1. The lowest BCUT2D eigenvalue weighted by Crippen LogP contribution is -2.49. The fraction of sp³-hybridized carbons (Fsp3) is 0.500. The van der Waals surface area contributed by atoms with Gasteiger partial charge in [0.2, 0.25) is 0 Å². The molecule has 0 fully saturated rings. The second-order valence-corrected chi connectivity index (χ2v) is 4.84. The Morgan fingerprint density at radius 2 is 2.00 bits per heavy atom. The number of phenolic OH excluding ortho intramolecular Hbond substituents is 1. The van der Waals surface area contributed by atoms with Gasteiger partial charge < -0.3 is 10.4 Å². The molecule has 100 valence electrons. The van der Waals surface area contributed by atoms with Crippen LogP contribution < -0.4 is 5.32 Å². The van der Waals surface area contributed by atoms with E-state index in [2.05, 4.69) is 5.32 Å². The third-order valence-electron chi connectivity index (χ3n) is 3.46. The summed E-state index contributed by atoms with van der Waals surface area (Å²) in [4.78, 5) is 12.1. The quantitative estimate of drug-likeness (QED) is 0.807. The van der Waals surface area contributed by atoms with Crippen LogP contribution >= 0.6 is 11.6 Å². The number of aromatic hydroxyl groups is 1. The molecule has 0 aliphatic rings. The predicted molar refractivity (Wildman–Crippen MR) is 74.3 cm³/mol. The van der Waals surface area contributed by atoms with Gasteiger partial charge >= 0.3 is 0 Å². The van der Waals surface area contributed by atoms with Crippen molar-refractivity contribution in [3.8, 4) is 5.75 Å². The molecule has 2 N–H and O–H groups in total. The van der Waals surface area contributed by atoms with E-state index in [0.29, 0.717) is 11.4 Å². The van der Waals surface area contributed by atoms with Crippen LogP contribution in [0.1, 0.15) is 42.6 Å². The summed E-state index contributed by atoms with van der Waals surface area (Å²) in [5.74, 6) is 0.311. The van der Waals surface area contributed by atoms with Crippen molar-refractivity contribution in [1.29, 1.82) is 0 Å². The number of hydrogen-bond donors (Lipinski definition) is 2. The number of nitrogens with one attached hydrogen (secondary N) is 1. The number of carbonyl (C=O) groups is 1. The number of benzene rings is 1. The van der Waals surface area contributed by atoms with Crippen LogP contribution in [-0.4, -0.2) is 22.4 Å². The molecule has 4 heteroatoms. The van der Waals surface area contributed by atoms with Gasteiger partial charge in [-0.1, -0.05) is 19.9 Å². The van der Waals surface area contributed by atoms with Gasteiger partial charge in [-0.2, -0.15) is 0 Å². The van der Waals surface area contributed by atoms with E-state index < -0.39 is 0 Å². The normalized spacial score (nSPS) is 11.3. The average Bonchev–Trinajstić information content (AvgIpc) is 2.39. The number of carbonyl (C=O) groups excluding carboxylic acids is 1. The number of halogens is 1. The highest BCUT2D eigenvalue weighted by atomic mass is 35.5. The smallest absolute Gasteiger partial charge is 0.251 e. The Morgan fingerprint density at radius 3 is 2.44 bits per heavy atom. The molecule has 0 heterocycles. The van der Waals surface area contributed by atoms with Crippen molar-refractivity contribution in [2.75, 3.05) is 5.88 Å². The van der Waals surface area contributed by atoms with Crippen molar-refractivity contribution < 1.29 is 9.90 Å². The minimum Gasteiger partial charge on any atom is -0.508 e. The van der Waals surface area contributed by atoms with Crippen LogP contribution in [0.25, 0.3) is 0 Å². The van der Waals surface area contributed by atoms with E-state index in [4.69, 9.17) is 11.6 Å². The second kappa shape index (κ2) is 6.10. The first-order valence-electron chi connectivity index (χ1n) is 6.16. The highest BCUT2D eigenvalue weighted by Crippen LogP contribution is 2.20. The van der Waals surface area contributed by atoms with Gasteiger partial charge in [0, 0.05) is 11.4 Å². The zero-order valence-corrected chi connectivity index (χ0v) is 11.8. The second-order valence-electron chi connectivity index (χ2n) is 4.58. The lowest BCUT2D eigenvalue weighted by molar-refractivity contribution is 0.0902. The topological polar surface area (TPSA) is 49.3 Å². The van der Waals surface area contributed by atoms with Crippen LogP contribution in [0.5, 0.6) is 5.75 Å². The monoisotopic (exact) mass is 269 g/mol. The number of hydrogen-bond acceptors (Lipinski definition) is 2. The molecule has 1 aromatic carbocycles. The molecule has 1 amide bonds. The van der Waals surface area contributed by atoms with Gasteiger partial charge in [0.25, 0.3) is 5.91 Å². The van der Waals surface area contributed by atoms with Gasteiger partial charge in [0.05, 0.1) is 5.54 Å². The molecule has 0 atom stereocenters. The maximum absolute atomic E-state index is 12.1. The minimum atomic E-state index is -0.376. The zero-order chi connectivity index (χ0) is 13.8. The van der Waals surface area contributed by atoms with E-state index in [1.165, 1.54) is 6.07 Å². The predicted octanol–water partition coefficient (Wildman–Crippen LogP) is 3.23. The fourth-order valence-corrected chi connectivity index (χ4v) is 2.16. The van der Waals surface area contributed by atoms with Gasteiger partial charge in [0.1, 0.15) is 5.75 Å². The van der Waals surface area contributed by atoms with Crippen LogP contribution in [0.4, 0.5) is 0 Å². The summed E-state index contributed by atoms with van der Waals surface area (Å²) in [7, 11) is 0. The number of amides is 1. The van der Waals surface area contributed by atoms with Crippen molar-refractivity contribution in [1.82, 2.24) is 5.32 Å². The molecule has 0 aliphatic carbocycles. The van der Waals surface area contributed by atoms with Crippen LogP contribution in [-0.2, 0) is 0 Å². The Hall–Kier alpha value is -1.22. The Balaban J connectivity index is 2.90. The average molecular weight is 270 g/mol. The van der Waals surface area contributed by atoms with Crippen LogP contribution in [0.15, 0.2) is 18.2 Å². The van der Waals surface area contributed by atoms with Crippen LogP contribution in [0.3, 0.4) is 0 Å². The number of rotatable bonds is 5. The summed E-state index contributed by atoms with van der Waals surface area (Å²) in [5, 5.41) is 12.6. The SMILES string of the molecule is CCC(CC)(CCl)NC(=O)c1ccc(C)c(O)c1. The van der Waals surface area contributed by atoms with Crippen LogP contribution in [0.2, 0.25) is 0 Å². The number of aryl methyl sites for hydroxylation is 1. The van der Waals surface area contributed by atoms with Gasteiger partial charge in [-0.3, -0.25) is 4.79 Å². The Morgan fingerprint density at radius 1 is 1.39 bits per heavy atom. The molecule has 0 saturated carbocycles. The molecule has 18 heavy (non-hydrogen) atoms. The molecule has 0 aliphatic heterocycles. The van der Waals surface area contributed by atoms with E-state index in [1.54, 1.807) is 19.1 Å². The molecule has 0 spiro atoms. The Bertz CT molecular complexity index is 420. The van der Waals surface area contributed by atoms with E-state index in [1.807, 2.05) is 13.8 Å². The third kappa shape index (κ3) is 3.16. The number of phenols is 1. The van der Waals surface area contributed by atoms with Crippen molar-refractivity contribution >= 4 is 17.5 Å². The molecule has 0 saturated heterocycles. The van der Waals surface area contributed by atoms with Crippen molar-refractivity contribution in [2.24, 2.45) is 0 Å². The summed E-state index contributed by atoms with van der Waals surface area (Å²) in [5.41, 5.74) is 0.828. The minimum absolute atomic E-state index is 0.132. The van der Waals surface area contributed by atoms with Crippen LogP contribution in [0, 0.1) is 6.92 Å². The molecule has 0 aromatic heterocycles. The lowest BCUT2D eigenvalue weighted by Gasteiger charge is -2.30. The largest absolute Gasteiger partial charge is 0.508 e. The first-order chi connectivity index (χ1) is 8.48. The maximum Gasteiger partial charge on any atom is 0.251 e. The molecule has 0 radical (unpaired) electrons. The summed E-state index contributed by atoms with van der Waals surface area (Å²) in [6.45, 7) is 5.79. The summed E-state index contributed by atoms with van der Waals surface area (Å²) in [6, 6.07) is 4.91. The molecule has 0 unspecified atom stereocenters. The van der Waals surface area contributed by atoms with E-state index >= 15 is 0 Å². The fourth-order valence-electron chi connectivity index (χ4n) is 1.71. The Labute approximate surface area is 113 Å². The van der Waals surface area contributed by atoms with E-state index in [0.717, 1.165) is 18.4 Å². The zero-order valence-electron chi connectivity index (χ0n) is 11.1. The third-order valence-corrected chi connectivity index (χ3v) is 3.97. The highest BCUT2D eigenvalue weighted by molar-refractivity contribution is 6.19. The number of alkyl halides is 1. The standard InChI is InChI=1S/C14H20ClNO2/c1-4-14(5-2,9-15)16-13(18)11-7-6-10(3)12(17)8-11/h6-8,17H,4-5,9H2,1-3H3,(H,16,18). The van der Waals surface area contributed by atoms with Gasteiger partial charge in [-0.15, -0.1) is 11.6 Å². The van der Waals surface area contributed by atoms with E-state index in [-0.39, 0.29) is 17.2 Å². The molecular weight excluding hydrogens is 250 g/mol. The lowest BCUT2D eigenvalue weighted by atomic mass is 9.94. The van der Waals surface area contributed by atoms with Gasteiger partial charge in [-0.25, -0.2) is 0 Å². The molecular formula is C14H20ClNO2. The molecule has 0 bridgehead atoms. The van der Waals surface area contributed by atoms with Gasteiger partial charge in [0.15, 0.2) is 0 Å². The molecule has 1 rings (SSSR count). The van der Waals surface area contributed by atoms with Crippen molar-refractivity contribution in [3.05, 3.63) is 29.3 Å². The van der Waals surface area contributed by atoms with Crippen molar-refractivity contribution in [3.63, 3.8) is 0 Å².